The minimum absolute atomic E-state index is 0.109. The lowest BCUT2D eigenvalue weighted by molar-refractivity contribution is -0.232. The summed E-state index contributed by atoms with van der Waals surface area (Å²) < 4.78 is 108. The lowest BCUT2D eigenvalue weighted by atomic mass is 9.84. The van der Waals surface area contributed by atoms with Gasteiger partial charge < -0.3 is 18.9 Å². The zero-order valence-electron chi connectivity index (χ0n) is 16.4. The highest BCUT2D eigenvalue weighted by atomic mass is 127. The molecule has 2 saturated heterocycles. The fraction of sp³-hybridized carbons (Fsp3) is 0.611. The van der Waals surface area contributed by atoms with Gasteiger partial charge in [0.2, 0.25) is 5.79 Å². The summed E-state index contributed by atoms with van der Waals surface area (Å²) in [5.41, 5.74) is 0.867. The van der Waals surface area contributed by atoms with E-state index >= 15 is 0 Å². The number of hydrogen-bond acceptors (Lipinski definition) is 7. The third-order valence-electron chi connectivity index (χ3n) is 5.80. The third-order valence-corrected chi connectivity index (χ3v) is 9.57. The molecule has 0 amide bonds. The molecule has 1 aromatic rings. The van der Waals surface area contributed by atoms with Crippen LogP contribution in [-0.2, 0) is 35.7 Å². The molecule has 4 atom stereocenters. The lowest BCUT2D eigenvalue weighted by Crippen LogP contribution is -2.52. The van der Waals surface area contributed by atoms with Crippen molar-refractivity contribution in [2.24, 2.45) is 5.92 Å². The summed E-state index contributed by atoms with van der Waals surface area (Å²) >= 11 is 4.37. The van der Waals surface area contributed by atoms with Gasteiger partial charge >= 0.3 is 27.3 Å². The first-order valence-electron chi connectivity index (χ1n) is 9.52. The van der Waals surface area contributed by atoms with Gasteiger partial charge in [-0.2, -0.15) is 26.0 Å². The monoisotopic (exact) mass is 722 g/mol. The Hall–Kier alpha value is -0.500. The Kier molecular flexibility index (Phi) is 6.64. The molecule has 8 nitrogen and oxygen atoms in total. The number of carbonyl (C=O) groups excluding carboxylic acids is 1. The molecule has 0 radical (unpaired) electrons. The second kappa shape index (κ2) is 8.56. The van der Waals surface area contributed by atoms with Crippen LogP contribution in [0.5, 0.6) is 5.75 Å². The van der Waals surface area contributed by atoms with Crippen LogP contribution in [0.1, 0.15) is 24.8 Å². The number of benzene rings is 1. The standard InChI is InChI=1S/C18H16F4I2O8S/c19-17(20,18(21,22)33(26,27)28)1-2-29-15(25)9-4-14-16(6-13(9)31-14)30-7-8-3-10(23)11(24)5-12(8)32-16/h3,5,9,13-14H,1-2,4,6-7H2,(H,26,27,28). The summed E-state index contributed by atoms with van der Waals surface area (Å²) in [6.07, 6.45) is -2.83. The van der Waals surface area contributed by atoms with Gasteiger partial charge in [-0.05, 0) is 63.7 Å². The highest BCUT2D eigenvalue weighted by Gasteiger charge is 2.66. The number of alkyl halides is 4. The minimum atomic E-state index is -6.35. The second-order valence-corrected chi connectivity index (χ2v) is 11.7. The quantitative estimate of drug-likeness (QED) is 0.205. The molecule has 15 heteroatoms. The van der Waals surface area contributed by atoms with Crippen molar-refractivity contribution < 1.29 is 54.3 Å². The molecule has 1 spiro atoms. The van der Waals surface area contributed by atoms with E-state index in [1.807, 2.05) is 12.1 Å². The highest BCUT2D eigenvalue weighted by molar-refractivity contribution is 14.1. The first-order chi connectivity index (χ1) is 15.2. The van der Waals surface area contributed by atoms with E-state index in [2.05, 4.69) is 45.2 Å². The molecule has 3 heterocycles. The van der Waals surface area contributed by atoms with Crippen molar-refractivity contribution in [3.63, 3.8) is 0 Å². The van der Waals surface area contributed by atoms with Crippen LogP contribution in [0, 0.1) is 13.1 Å². The molecule has 1 aromatic carbocycles. The van der Waals surface area contributed by atoms with E-state index in [1.54, 1.807) is 0 Å². The van der Waals surface area contributed by atoms with Gasteiger partial charge in [-0.25, -0.2) is 0 Å². The van der Waals surface area contributed by atoms with E-state index in [4.69, 9.17) is 23.5 Å². The van der Waals surface area contributed by atoms with Crippen LogP contribution in [0.4, 0.5) is 17.6 Å². The first-order valence-corrected chi connectivity index (χ1v) is 13.1. The van der Waals surface area contributed by atoms with Crippen molar-refractivity contribution in [3.8, 4) is 5.75 Å². The highest BCUT2D eigenvalue weighted by Crippen LogP contribution is 2.51. The maximum Gasteiger partial charge on any atom is 0.431 e. The molecule has 0 saturated carbocycles. The molecule has 4 rings (SSSR count). The van der Waals surface area contributed by atoms with Crippen LogP contribution in [0.3, 0.4) is 0 Å². The largest absolute Gasteiger partial charge is 0.465 e. The predicted octanol–water partition coefficient (Wildman–Crippen LogP) is 3.73. The third kappa shape index (κ3) is 4.45. The van der Waals surface area contributed by atoms with Gasteiger partial charge in [-0.15, -0.1) is 0 Å². The maximum atomic E-state index is 13.5. The summed E-state index contributed by atoms with van der Waals surface area (Å²) in [6, 6.07) is 3.82. The fourth-order valence-corrected chi connectivity index (χ4v) is 5.50. The molecule has 184 valence electrons. The van der Waals surface area contributed by atoms with Crippen LogP contribution in [0.25, 0.3) is 0 Å². The Morgan fingerprint density at radius 2 is 1.91 bits per heavy atom. The zero-order valence-corrected chi connectivity index (χ0v) is 21.5. The van der Waals surface area contributed by atoms with Gasteiger partial charge in [0, 0.05) is 19.1 Å². The number of ether oxygens (including phenoxy) is 4. The summed E-state index contributed by atoms with van der Waals surface area (Å²) in [5.74, 6) is -7.38. The summed E-state index contributed by atoms with van der Waals surface area (Å²) in [7, 11) is -6.35. The number of halogens is 6. The predicted molar refractivity (Wildman–Crippen MR) is 118 cm³/mol. The minimum Gasteiger partial charge on any atom is -0.465 e. The topological polar surface area (TPSA) is 108 Å². The number of hydrogen-bond donors (Lipinski definition) is 1. The maximum absolute atomic E-state index is 13.5. The van der Waals surface area contributed by atoms with E-state index in [-0.39, 0.29) is 19.4 Å². The molecule has 0 aromatic heterocycles. The molecule has 33 heavy (non-hydrogen) atoms. The second-order valence-electron chi connectivity index (χ2n) is 7.90. The van der Waals surface area contributed by atoms with Gasteiger partial charge in [0.15, 0.2) is 0 Å². The van der Waals surface area contributed by atoms with Crippen molar-refractivity contribution in [2.45, 2.75) is 55.0 Å². The number of esters is 1. The summed E-state index contributed by atoms with van der Waals surface area (Å²) in [4.78, 5) is 12.3. The molecule has 2 bridgehead atoms. The van der Waals surface area contributed by atoms with Crippen molar-refractivity contribution in [3.05, 3.63) is 24.8 Å². The Labute approximate surface area is 212 Å². The molecular weight excluding hydrogens is 706 g/mol. The van der Waals surface area contributed by atoms with Gasteiger partial charge in [-0.3, -0.25) is 9.35 Å². The van der Waals surface area contributed by atoms with Crippen LogP contribution in [-0.4, -0.2) is 54.7 Å². The molecule has 1 N–H and O–H groups in total. The average molecular weight is 722 g/mol. The zero-order chi connectivity index (χ0) is 24.4. The Morgan fingerprint density at radius 1 is 1.24 bits per heavy atom. The van der Waals surface area contributed by atoms with Gasteiger partial charge in [0.25, 0.3) is 0 Å². The van der Waals surface area contributed by atoms with E-state index < -0.39 is 64.2 Å². The van der Waals surface area contributed by atoms with Gasteiger partial charge in [0.05, 0.1) is 31.7 Å². The summed E-state index contributed by atoms with van der Waals surface area (Å²) in [5, 5.41) is -5.71. The Bertz CT molecular complexity index is 1090. The number of carbonyl (C=O) groups is 1. The van der Waals surface area contributed by atoms with Crippen LogP contribution >= 0.6 is 45.2 Å². The Morgan fingerprint density at radius 3 is 2.52 bits per heavy atom. The van der Waals surface area contributed by atoms with Crippen LogP contribution in [0.15, 0.2) is 12.1 Å². The van der Waals surface area contributed by atoms with Crippen LogP contribution in [0.2, 0.25) is 0 Å². The molecule has 4 unspecified atom stereocenters. The van der Waals surface area contributed by atoms with Crippen LogP contribution < -0.4 is 4.74 Å². The fourth-order valence-electron chi connectivity index (χ4n) is 4.05. The number of rotatable bonds is 6. The molecule has 3 aliphatic rings. The van der Waals surface area contributed by atoms with E-state index in [9.17, 15) is 30.8 Å². The van der Waals surface area contributed by atoms with Crippen molar-refractivity contribution in [1.82, 2.24) is 0 Å². The van der Waals surface area contributed by atoms with Crippen molar-refractivity contribution in [1.29, 1.82) is 0 Å². The van der Waals surface area contributed by atoms with E-state index in [1.165, 1.54) is 0 Å². The van der Waals surface area contributed by atoms with Gasteiger partial charge in [-0.1, -0.05) is 0 Å². The normalized spacial score (nSPS) is 29.1. The number of fused-ring (bicyclic) bond motifs is 4. The van der Waals surface area contributed by atoms with E-state index in [0.717, 1.165) is 12.7 Å². The molecule has 2 fully saturated rings. The SMILES string of the molecule is O=C(OCCC(F)(F)C(F)(F)S(=O)(=O)O)C1CC2OC1CC21OCc2cc(I)c(I)cc2O1. The molecule has 0 aliphatic carbocycles. The molecular formula is C18H16F4I2O8S. The molecule has 3 aliphatic heterocycles. The average Bonchev–Trinajstić information content (AvgIpc) is 3.26. The van der Waals surface area contributed by atoms with Crippen molar-refractivity contribution >= 4 is 61.3 Å². The lowest BCUT2D eigenvalue weighted by Gasteiger charge is -2.40. The van der Waals surface area contributed by atoms with Gasteiger partial charge in [0.1, 0.15) is 11.9 Å². The summed E-state index contributed by atoms with van der Waals surface area (Å²) in [6.45, 7) is -0.894. The van der Waals surface area contributed by atoms with Crippen molar-refractivity contribution in [2.75, 3.05) is 6.61 Å². The first kappa shape index (κ1) is 25.6. The van der Waals surface area contributed by atoms with E-state index in [0.29, 0.717) is 5.75 Å². The Balaban J connectivity index is 1.35. The smallest absolute Gasteiger partial charge is 0.431 e.